The number of hydrogen-bond acceptors (Lipinski definition) is 5. The van der Waals surface area contributed by atoms with Crippen LogP contribution in [0.3, 0.4) is 0 Å². The number of benzene rings is 2. The van der Waals surface area contributed by atoms with Gasteiger partial charge in [0.25, 0.3) is 5.91 Å². The fourth-order valence-corrected chi connectivity index (χ4v) is 4.36. The molecule has 0 saturated carbocycles. The molecular formula is C24H20N6O2. The Balaban J connectivity index is 1.37. The molecule has 3 aromatic heterocycles. The molecule has 1 aliphatic heterocycles. The minimum atomic E-state index is -0.146. The standard InChI is InChI=1S/C24H20N6O2/c31-24(27-12-21-25-8-9-26-21)15-3-1-14(2-4-15)23-18-13-32-10-7-16(18)22-17-11-28-30-19(17)5-6-20(22)29-23/h1-6,8-9,11H,7,10,12-13H2,(H,25,26)(H,27,31)(H,28,30). The lowest BCUT2D eigenvalue weighted by Gasteiger charge is -2.22. The van der Waals surface area contributed by atoms with E-state index in [0.717, 1.165) is 45.0 Å². The smallest absolute Gasteiger partial charge is 0.251 e. The largest absolute Gasteiger partial charge is 0.376 e. The Hall–Kier alpha value is -4.04. The molecule has 0 saturated heterocycles. The van der Waals surface area contributed by atoms with Gasteiger partial charge in [-0.2, -0.15) is 5.10 Å². The number of H-pyrrole nitrogens is 2. The fraction of sp³-hybridized carbons (Fsp3) is 0.167. The zero-order valence-corrected chi connectivity index (χ0v) is 17.2. The first-order valence-corrected chi connectivity index (χ1v) is 10.5. The number of hydrogen-bond donors (Lipinski definition) is 3. The van der Waals surface area contributed by atoms with Gasteiger partial charge in [-0.15, -0.1) is 0 Å². The van der Waals surface area contributed by atoms with E-state index < -0.39 is 0 Å². The number of aromatic nitrogens is 5. The van der Waals surface area contributed by atoms with Crippen molar-refractivity contribution >= 4 is 27.7 Å². The third-order valence-corrected chi connectivity index (χ3v) is 5.92. The van der Waals surface area contributed by atoms with Crippen LogP contribution in [0.2, 0.25) is 0 Å². The molecule has 158 valence electrons. The molecule has 0 spiro atoms. The van der Waals surface area contributed by atoms with Crippen molar-refractivity contribution in [2.24, 2.45) is 0 Å². The first-order valence-electron chi connectivity index (χ1n) is 10.5. The molecule has 2 aromatic carbocycles. The second-order valence-electron chi connectivity index (χ2n) is 7.81. The minimum Gasteiger partial charge on any atom is -0.376 e. The van der Waals surface area contributed by atoms with Crippen LogP contribution in [0.1, 0.15) is 27.3 Å². The number of fused-ring (bicyclic) bond motifs is 5. The molecule has 6 rings (SSSR count). The molecule has 8 heteroatoms. The Morgan fingerprint density at radius 3 is 2.88 bits per heavy atom. The van der Waals surface area contributed by atoms with E-state index in [0.29, 0.717) is 31.1 Å². The van der Waals surface area contributed by atoms with Gasteiger partial charge in [0.15, 0.2) is 0 Å². The molecule has 0 fully saturated rings. The van der Waals surface area contributed by atoms with Gasteiger partial charge in [-0.05, 0) is 36.2 Å². The van der Waals surface area contributed by atoms with Gasteiger partial charge in [0.05, 0.1) is 42.7 Å². The van der Waals surface area contributed by atoms with Crippen molar-refractivity contribution in [2.75, 3.05) is 6.61 Å². The Morgan fingerprint density at radius 2 is 2.03 bits per heavy atom. The maximum Gasteiger partial charge on any atom is 0.251 e. The monoisotopic (exact) mass is 424 g/mol. The highest BCUT2D eigenvalue weighted by molar-refractivity contribution is 6.07. The summed E-state index contributed by atoms with van der Waals surface area (Å²) in [6.45, 7) is 1.56. The van der Waals surface area contributed by atoms with Crippen LogP contribution < -0.4 is 5.32 Å². The normalized spacial score (nSPS) is 13.4. The van der Waals surface area contributed by atoms with Gasteiger partial charge in [0.2, 0.25) is 0 Å². The minimum absolute atomic E-state index is 0.146. The summed E-state index contributed by atoms with van der Waals surface area (Å²) in [5.41, 5.74) is 6.77. The number of carbonyl (C=O) groups excluding carboxylic acids is 1. The van der Waals surface area contributed by atoms with Crippen LogP contribution in [0.4, 0.5) is 0 Å². The predicted octanol–water partition coefficient (Wildman–Crippen LogP) is 3.50. The van der Waals surface area contributed by atoms with Crippen LogP contribution >= 0.6 is 0 Å². The quantitative estimate of drug-likeness (QED) is 0.409. The number of imidazole rings is 1. The number of nitrogens with one attached hydrogen (secondary N) is 3. The van der Waals surface area contributed by atoms with Crippen molar-refractivity contribution in [3.8, 4) is 11.3 Å². The summed E-state index contributed by atoms with van der Waals surface area (Å²) in [6.07, 6.45) is 6.09. The highest BCUT2D eigenvalue weighted by atomic mass is 16.5. The maximum atomic E-state index is 12.5. The maximum absolute atomic E-state index is 12.5. The Labute approximate surface area is 183 Å². The lowest BCUT2D eigenvalue weighted by Crippen LogP contribution is -2.23. The van der Waals surface area contributed by atoms with Crippen molar-refractivity contribution in [3.63, 3.8) is 0 Å². The fourth-order valence-electron chi connectivity index (χ4n) is 4.36. The number of amides is 1. The molecule has 0 bridgehead atoms. The summed E-state index contributed by atoms with van der Waals surface area (Å²) >= 11 is 0. The Kier molecular flexibility index (Phi) is 4.43. The molecule has 0 unspecified atom stereocenters. The first kappa shape index (κ1) is 18.7. The molecule has 0 radical (unpaired) electrons. The number of ether oxygens (including phenoxy) is 1. The summed E-state index contributed by atoms with van der Waals surface area (Å²) in [5.74, 6) is 0.570. The van der Waals surface area contributed by atoms with Gasteiger partial charge in [0.1, 0.15) is 5.82 Å². The topological polar surface area (TPSA) is 109 Å². The first-order chi connectivity index (χ1) is 15.8. The average molecular weight is 424 g/mol. The molecule has 3 N–H and O–H groups in total. The molecule has 4 heterocycles. The molecule has 0 aliphatic carbocycles. The van der Waals surface area contributed by atoms with E-state index in [9.17, 15) is 4.79 Å². The van der Waals surface area contributed by atoms with Gasteiger partial charge >= 0.3 is 0 Å². The van der Waals surface area contributed by atoms with Crippen molar-refractivity contribution in [2.45, 2.75) is 19.6 Å². The van der Waals surface area contributed by atoms with Crippen LogP contribution in [0.5, 0.6) is 0 Å². The van der Waals surface area contributed by atoms with E-state index >= 15 is 0 Å². The summed E-state index contributed by atoms with van der Waals surface area (Å²) in [7, 11) is 0. The van der Waals surface area contributed by atoms with E-state index in [2.05, 4.69) is 25.5 Å². The lowest BCUT2D eigenvalue weighted by atomic mass is 9.92. The van der Waals surface area contributed by atoms with E-state index in [-0.39, 0.29) is 5.91 Å². The summed E-state index contributed by atoms with van der Waals surface area (Å²) in [4.78, 5) is 24.6. The lowest BCUT2D eigenvalue weighted by molar-refractivity contribution is 0.0950. The van der Waals surface area contributed by atoms with Crippen molar-refractivity contribution in [1.82, 2.24) is 30.5 Å². The van der Waals surface area contributed by atoms with Crippen LogP contribution in [0, 0.1) is 0 Å². The predicted molar refractivity (Wildman–Crippen MR) is 120 cm³/mol. The average Bonchev–Trinajstić information content (AvgIpc) is 3.54. The number of pyridine rings is 1. The van der Waals surface area contributed by atoms with Crippen LogP contribution in [-0.2, 0) is 24.3 Å². The highest BCUT2D eigenvalue weighted by Gasteiger charge is 2.21. The SMILES string of the molecule is O=C(NCc1ncc[nH]1)c1ccc(-c2nc3ccc4[nH]ncc4c3c3c2COCC3)cc1. The summed E-state index contributed by atoms with van der Waals surface area (Å²) in [6, 6.07) is 11.6. The van der Waals surface area contributed by atoms with Gasteiger partial charge in [-0.1, -0.05) is 12.1 Å². The molecule has 1 aliphatic rings. The zero-order valence-electron chi connectivity index (χ0n) is 17.2. The van der Waals surface area contributed by atoms with Crippen LogP contribution in [0.25, 0.3) is 33.1 Å². The van der Waals surface area contributed by atoms with E-state index in [4.69, 9.17) is 9.72 Å². The van der Waals surface area contributed by atoms with Gasteiger partial charge in [0, 0.05) is 39.9 Å². The van der Waals surface area contributed by atoms with E-state index in [1.807, 2.05) is 42.6 Å². The van der Waals surface area contributed by atoms with Crippen molar-refractivity contribution < 1.29 is 9.53 Å². The third kappa shape index (κ3) is 3.12. The second kappa shape index (κ2) is 7.58. The molecule has 5 aromatic rings. The molecule has 1 amide bonds. The Morgan fingerprint density at radius 1 is 1.12 bits per heavy atom. The summed E-state index contributed by atoms with van der Waals surface area (Å²) < 4.78 is 5.79. The number of aromatic amines is 2. The van der Waals surface area contributed by atoms with Gasteiger partial charge in [-0.25, -0.2) is 9.97 Å². The highest BCUT2D eigenvalue weighted by Crippen LogP contribution is 2.36. The van der Waals surface area contributed by atoms with Gasteiger partial charge in [-0.3, -0.25) is 9.89 Å². The van der Waals surface area contributed by atoms with Crippen molar-refractivity contribution in [1.29, 1.82) is 0 Å². The molecule has 32 heavy (non-hydrogen) atoms. The van der Waals surface area contributed by atoms with Crippen LogP contribution in [-0.4, -0.2) is 37.7 Å². The van der Waals surface area contributed by atoms with E-state index in [1.165, 1.54) is 5.56 Å². The van der Waals surface area contributed by atoms with Crippen LogP contribution in [0.15, 0.2) is 55.0 Å². The molecule has 0 atom stereocenters. The Bertz CT molecular complexity index is 1440. The molecular weight excluding hydrogens is 404 g/mol. The zero-order chi connectivity index (χ0) is 21.5. The van der Waals surface area contributed by atoms with E-state index in [1.54, 1.807) is 12.4 Å². The third-order valence-electron chi connectivity index (χ3n) is 5.92. The van der Waals surface area contributed by atoms with Crippen molar-refractivity contribution in [3.05, 3.63) is 77.5 Å². The number of nitrogens with zero attached hydrogens (tertiary/aromatic N) is 3. The molecule has 8 nitrogen and oxygen atoms in total. The second-order valence-corrected chi connectivity index (χ2v) is 7.81. The summed E-state index contributed by atoms with van der Waals surface area (Å²) in [5, 5.41) is 12.4. The number of rotatable bonds is 4. The number of carbonyl (C=O) groups is 1. The van der Waals surface area contributed by atoms with Gasteiger partial charge < -0.3 is 15.0 Å².